The molecular weight excluding hydrogens is 462 g/mol. The largest absolute Gasteiger partial charge is 0.357 e. The van der Waals surface area contributed by atoms with Crippen LogP contribution in [-0.2, 0) is 16.1 Å². The number of likely N-dealkylation sites (N-methyl/N-ethyl adjacent to an activating group) is 1. The van der Waals surface area contributed by atoms with Gasteiger partial charge in [0, 0.05) is 31.0 Å². The first-order valence-electron chi connectivity index (χ1n) is 10.0. The van der Waals surface area contributed by atoms with Gasteiger partial charge in [-0.05, 0) is 43.2 Å². The van der Waals surface area contributed by atoms with Gasteiger partial charge in [-0.2, -0.15) is 0 Å². The van der Waals surface area contributed by atoms with E-state index in [9.17, 15) is 19.2 Å². The topological polar surface area (TPSA) is 86.8 Å². The summed E-state index contributed by atoms with van der Waals surface area (Å²) in [4.78, 5) is 52.8. The molecule has 8 heteroatoms. The van der Waals surface area contributed by atoms with Crippen LogP contribution in [-0.4, -0.2) is 53.1 Å². The molecule has 0 radical (unpaired) electrons. The van der Waals surface area contributed by atoms with Crippen molar-refractivity contribution in [2.24, 2.45) is 0 Å². The smallest absolute Gasteiger partial charge is 0.261 e. The number of hydrogen-bond donors (Lipinski definition) is 1. The van der Waals surface area contributed by atoms with Crippen LogP contribution in [0.3, 0.4) is 0 Å². The predicted octanol–water partition coefficient (Wildman–Crippen LogP) is 2.99. The maximum absolute atomic E-state index is 13.0. The lowest BCUT2D eigenvalue weighted by Crippen LogP contribution is -2.46. The molecule has 31 heavy (non-hydrogen) atoms. The van der Waals surface area contributed by atoms with Crippen LogP contribution in [0.1, 0.15) is 46.0 Å². The first-order valence-corrected chi connectivity index (χ1v) is 10.8. The van der Waals surface area contributed by atoms with Gasteiger partial charge in [0.2, 0.25) is 11.8 Å². The lowest BCUT2D eigenvalue weighted by atomic mass is 10.1. The van der Waals surface area contributed by atoms with Gasteiger partial charge in [-0.1, -0.05) is 40.2 Å². The van der Waals surface area contributed by atoms with Crippen LogP contribution < -0.4 is 5.32 Å². The van der Waals surface area contributed by atoms with Crippen molar-refractivity contribution in [2.75, 3.05) is 13.6 Å². The Kier molecular flexibility index (Phi) is 7.22. The van der Waals surface area contributed by atoms with Gasteiger partial charge in [0.15, 0.2) is 0 Å². The van der Waals surface area contributed by atoms with Crippen molar-refractivity contribution >= 4 is 39.6 Å². The monoisotopic (exact) mass is 485 g/mol. The molecule has 2 aromatic carbocycles. The van der Waals surface area contributed by atoms with E-state index in [0.29, 0.717) is 17.5 Å². The van der Waals surface area contributed by atoms with E-state index in [1.807, 2.05) is 24.3 Å². The van der Waals surface area contributed by atoms with E-state index < -0.39 is 6.04 Å². The molecule has 1 N–H and O–H groups in total. The van der Waals surface area contributed by atoms with Crippen molar-refractivity contribution in [2.45, 2.75) is 32.4 Å². The van der Waals surface area contributed by atoms with Crippen molar-refractivity contribution < 1.29 is 19.2 Å². The van der Waals surface area contributed by atoms with E-state index in [4.69, 9.17) is 0 Å². The molecule has 0 aliphatic carbocycles. The van der Waals surface area contributed by atoms with Crippen molar-refractivity contribution in [3.63, 3.8) is 0 Å². The molecule has 0 unspecified atom stereocenters. The Labute approximate surface area is 189 Å². The summed E-state index contributed by atoms with van der Waals surface area (Å²) in [6.45, 7) is 2.12. The fourth-order valence-corrected chi connectivity index (χ4v) is 3.82. The van der Waals surface area contributed by atoms with Gasteiger partial charge in [-0.3, -0.25) is 24.1 Å². The van der Waals surface area contributed by atoms with Gasteiger partial charge >= 0.3 is 0 Å². The molecule has 3 rings (SSSR count). The zero-order chi connectivity index (χ0) is 22.5. The fourth-order valence-electron chi connectivity index (χ4n) is 3.55. The molecule has 0 aromatic heterocycles. The Morgan fingerprint density at radius 3 is 2.16 bits per heavy atom. The van der Waals surface area contributed by atoms with Crippen molar-refractivity contribution in [1.82, 2.24) is 15.1 Å². The van der Waals surface area contributed by atoms with Crippen LogP contribution in [0.4, 0.5) is 0 Å². The summed E-state index contributed by atoms with van der Waals surface area (Å²) in [6, 6.07) is 13.6. The molecule has 162 valence electrons. The van der Waals surface area contributed by atoms with E-state index in [2.05, 4.69) is 21.2 Å². The number of benzene rings is 2. The Morgan fingerprint density at radius 2 is 1.61 bits per heavy atom. The highest BCUT2D eigenvalue weighted by molar-refractivity contribution is 9.10. The molecule has 0 fully saturated rings. The van der Waals surface area contributed by atoms with Crippen molar-refractivity contribution in [1.29, 1.82) is 0 Å². The molecule has 7 nitrogen and oxygen atoms in total. The number of carbonyl (C=O) groups excluding carboxylic acids is 4. The van der Waals surface area contributed by atoms with E-state index >= 15 is 0 Å². The van der Waals surface area contributed by atoms with E-state index in [0.717, 1.165) is 10.0 Å². The number of amides is 4. The molecule has 0 saturated carbocycles. The van der Waals surface area contributed by atoms with E-state index in [-0.39, 0.29) is 43.1 Å². The third-order valence-electron chi connectivity index (χ3n) is 5.33. The number of hydrogen-bond acceptors (Lipinski definition) is 4. The van der Waals surface area contributed by atoms with Crippen LogP contribution in [0.2, 0.25) is 0 Å². The second kappa shape index (κ2) is 9.87. The minimum Gasteiger partial charge on any atom is -0.357 e. The van der Waals surface area contributed by atoms with Gasteiger partial charge in [0.25, 0.3) is 11.8 Å². The van der Waals surface area contributed by atoms with Crippen LogP contribution in [0.15, 0.2) is 53.0 Å². The maximum atomic E-state index is 13.0. The molecule has 0 saturated heterocycles. The highest BCUT2D eigenvalue weighted by Crippen LogP contribution is 2.23. The van der Waals surface area contributed by atoms with Gasteiger partial charge < -0.3 is 10.2 Å². The number of halogens is 1. The minimum absolute atomic E-state index is 0.116. The van der Waals surface area contributed by atoms with Gasteiger partial charge in [0.1, 0.15) is 6.04 Å². The average molecular weight is 486 g/mol. The Balaban J connectivity index is 1.65. The SMILES string of the molecule is CNC(=O)[C@@H](C)N(Cc1ccc(Br)cc1)C(=O)CCCN1C(=O)c2ccccc2C1=O. The number of nitrogens with zero attached hydrogens (tertiary/aromatic N) is 2. The van der Waals surface area contributed by atoms with Crippen LogP contribution in [0, 0.1) is 0 Å². The lowest BCUT2D eigenvalue weighted by molar-refractivity contribution is -0.140. The molecule has 0 spiro atoms. The number of rotatable bonds is 8. The maximum Gasteiger partial charge on any atom is 0.261 e. The second-order valence-corrected chi connectivity index (χ2v) is 8.27. The predicted molar refractivity (Wildman–Crippen MR) is 119 cm³/mol. The van der Waals surface area contributed by atoms with Crippen LogP contribution >= 0.6 is 15.9 Å². The van der Waals surface area contributed by atoms with Gasteiger partial charge in [0.05, 0.1) is 11.1 Å². The third-order valence-corrected chi connectivity index (χ3v) is 5.86. The molecule has 4 amide bonds. The summed E-state index contributed by atoms with van der Waals surface area (Å²) >= 11 is 3.39. The average Bonchev–Trinajstić information content (AvgIpc) is 3.02. The minimum atomic E-state index is -0.652. The number of fused-ring (bicyclic) bond motifs is 1. The lowest BCUT2D eigenvalue weighted by Gasteiger charge is -2.28. The summed E-state index contributed by atoms with van der Waals surface area (Å²) in [5.74, 6) is -1.14. The summed E-state index contributed by atoms with van der Waals surface area (Å²) in [5, 5.41) is 2.58. The highest BCUT2D eigenvalue weighted by Gasteiger charge is 2.35. The molecule has 1 heterocycles. The first kappa shape index (κ1) is 22.7. The molecule has 2 aromatic rings. The van der Waals surface area contributed by atoms with Gasteiger partial charge in [-0.25, -0.2) is 0 Å². The quantitative estimate of drug-likeness (QED) is 0.582. The summed E-state index contributed by atoms with van der Waals surface area (Å²) in [5.41, 5.74) is 1.68. The van der Waals surface area contributed by atoms with Crippen LogP contribution in [0.25, 0.3) is 0 Å². The van der Waals surface area contributed by atoms with Crippen molar-refractivity contribution in [3.8, 4) is 0 Å². The molecular formula is C23H24BrN3O4. The number of nitrogens with one attached hydrogen (secondary N) is 1. The van der Waals surface area contributed by atoms with Gasteiger partial charge in [-0.15, -0.1) is 0 Å². The first-order chi connectivity index (χ1) is 14.8. The molecule has 0 bridgehead atoms. The molecule has 1 aliphatic rings. The van der Waals surface area contributed by atoms with Crippen LogP contribution in [0.5, 0.6) is 0 Å². The zero-order valence-corrected chi connectivity index (χ0v) is 19.0. The summed E-state index contributed by atoms with van der Waals surface area (Å²) in [6.07, 6.45) is 0.437. The summed E-state index contributed by atoms with van der Waals surface area (Å²) < 4.78 is 0.925. The van der Waals surface area contributed by atoms with Crippen molar-refractivity contribution in [3.05, 3.63) is 69.7 Å². The molecule has 1 aliphatic heterocycles. The highest BCUT2D eigenvalue weighted by atomic mass is 79.9. The second-order valence-electron chi connectivity index (χ2n) is 7.35. The third kappa shape index (κ3) is 5.02. The number of imide groups is 1. The summed E-state index contributed by atoms with van der Waals surface area (Å²) in [7, 11) is 1.53. The standard InChI is InChI=1S/C23H24BrN3O4/c1-15(21(29)25-2)27(14-16-9-11-17(24)12-10-16)20(28)8-5-13-26-22(30)18-6-3-4-7-19(18)23(26)31/h3-4,6-7,9-12,15H,5,8,13-14H2,1-2H3,(H,25,29)/t15-/m1/s1. The fraction of sp³-hybridized carbons (Fsp3) is 0.304. The normalized spacial score (nSPS) is 13.7. The number of carbonyl (C=O) groups is 4. The zero-order valence-electron chi connectivity index (χ0n) is 17.4. The Morgan fingerprint density at radius 1 is 1.03 bits per heavy atom. The van der Waals surface area contributed by atoms with E-state index in [1.54, 1.807) is 31.2 Å². The molecule has 1 atom stereocenters. The Hall–Kier alpha value is -3.00. The van der Waals surface area contributed by atoms with E-state index in [1.165, 1.54) is 16.8 Å². The Bertz CT molecular complexity index is 971.